The largest absolute Gasteiger partial charge is 0.444 e. The zero-order valence-electron chi connectivity index (χ0n) is 13.5. The third kappa shape index (κ3) is 3.62. The molecule has 1 heterocycles. The summed E-state index contributed by atoms with van der Waals surface area (Å²) in [5.74, 6) is 0.571. The number of aromatic amines is 1. The zero-order valence-corrected chi connectivity index (χ0v) is 13.5. The van der Waals surface area contributed by atoms with E-state index in [0.717, 1.165) is 11.9 Å². The molecule has 1 aliphatic rings. The number of nitrogens with one attached hydrogen (secondary N) is 2. The molecule has 0 aliphatic heterocycles. The molecule has 118 valence electrons. The van der Waals surface area contributed by atoms with Crippen molar-refractivity contribution in [2.75, 3.05) is 0 Å². The highest BCUT2D eigenvalue weighted by Crippen LogP contribution is 2.35. The summed E-state index contributed by atoms with van der Waals surface area (Å²) in [6, 6.07) is 8.42. The van der Waals surface area contributed by atoms with Gasteiger partial charge < -0.3 is 15.0 Å². The molecule has 1 atom stereocenters. The molecule has 0 radical (unpaired) electrons. The lowest BCUT2D eigenvalue weighted by molar-refractivity contribution is 0.0498. The monoisotopic (exact) mass is 300 g/mol. The number of para-hydroxylation sites is 1. The average Bonchev–Trinajstić information content (AvgIpc) is 3.19. The number of hydrogen-bond donors (Lipinski definition) is 2. The van der Waals surface area contributed by atoms with Gasteiger partial charge in [-0.2, -0.15) is 0 Å². The molecule has 2 N–H and O–H groups in total. The molecule has 1 saturated carbocycles. The van der Waals surface area contributed by atoms with Crippen molar-refractivity contribution in [3.63, 3.8) is 0 Å². The highest BCUT2D eigenvalue weighted by molar-refractivity contribution is 5.83. The maximum Gasteiger partial charge on any atom is 0.407 e. The quantitative estimate of drug-likeness (QED) is 0.896. The van der Waals surface area contributed by atoms with E-state index in [-0.39, 0.29) is 12.1 Å². The molecule has 3 rings (SSSR count). The van der Waals surface area contributed by atoms with Gasteiger partial charge in [0.2, 0.25) is 0 Å². The van der Waals surface area contributed by atoms with E-state index in [0.29, 0.717) is 5.92 Å². The maximum absolute atomic E-state index is 12.1. The molecule has 1 aromatic heterocycles. The molecule has 0 spiro atoms. The topological polar surface area (TPSA) is 54.1 Å². The fourth-order valence-electron chi connectivity index (χ4n) is 2.83. The van der Waals surface area contributed by atoms with Crippen LogP contribution in [0.15, 0.2) is 30.5 Å². The Morgan fingerprint density at radius 1 is 1.36 bits per heavy atom. The summed E-state index contributed by atoms with van der Waals surface area (Å²) in [6.45, 7) is 5.66. The van der Waals surface area contributed by atoms with Crippen LogP contribution in [-0.2, 0) is 11.2 Å². The zero-order chi connectivity index (χ0) is 15.7. The van der Waals surface area contributed by atoms with Crippen molar-refractivity contribution in [2.24, 2.45) is 5.92 Å². The standard InChI is InChI=1S/C18H24N2O2/c1-18(2,3)22-17(21)20-16(12-8-9-12)10-13-11-19-15-7-5-4-6-14(13)15/h4-7,11-12,16,19H,8-10H2,1-3H3,(H,20,21). The van der Waals surface area contributed by atoms with Crippen molar-refractivity contribution in [1.29, 1.82) is 0 Å². The molecule has 0 saturated heterocycles. The number of carbonyl (C=O) groups excluding carboxylic acids is 1. The second-order valence-electron chi connectivity index (χ2n) is 7.15. The van der Waals surface area contributed by atoms with Gasteiger partial charge in [0, 0.05) is 23.1 Å². The Labute approximate surface area is 131 Å². The highest BCUT2D eigenvalue weighted by Gasteiger charge is 2.33. The average molecular weight is 300 g/mol. The van der Waals surface area contributed by atoms with Crippen molar-refractivity contribution in [1.82, 2.24) is 10.3 Å². The van der Waals surface area contributed by atoms with Crippen LogP contribution in [-0.4, -0.2) is 22.7 Å². The molecule has 4 nitrogen and oxygen atoms in total. The summed E-state index contributed by atoms with van der Waals surface area (Å²) in [6.07, 6.45) is 4.94. The number of amides is 1. The molecule has 1 aliphatic carbocycles. The Kier molecular flexibility index (Phi) is 3.85. The lowest BCUT2D eigenvalue weighted by Crippen LogP contribution is -2.41. The minimum atomic E-state index is -0.459. The number of benzene rings is 1. The Morgan fingerprint density at radius 3 is 2.77 bits per heavy atom. The molecule has 1 amide bonds. The highest BCUT2D eigenvalue weighted by atomic mass is 16.6. The Balaban J connectivity index is 1.71. The Morgan fingerprint density at radius 2 is 2.09 bits per heavy atom. The fraction of sp³-hybridized carbons (Fsp3) is 0.500. The van der Waals surface area contributed by atoms with E-state index >= 15 is 0 Å². The molecule has 4 heteroatoms. The minimum Gasteiger partial charge on any atom is -0.444 e. The van der Waals surface area contributed by atoms with Crippen molar-refractivity contribution >= 4 is 17.0 Å². The third-order valence-electron chi connectivity index (χ3n) is 4.01. The van der Waals surface area contributed by atoms with Gasteiger partial charge >= 0.3 is 6.09 Å². The smallest absolute Gasteiger partial charge is 0.407 e. The van der Waals surface area contributed by atoms with Crippen molar-refractivity contribution in [3.05, 3.63) is 36.0 Å². The van der Waals surface area contributed by atoms with Crippen LogP contribution in [0.4, 0.5) is 4.79 Å². The minimum absolute atomic E-state index is 0.147. The first kappa shape index (κ1) is 14.9. The van der Waals surface area contributed by atoms with Gasteiger partial charge in [-0.25, -0.2) is 4.79 Å². The molecular formula is C18H24N2O2. The van der Waals surface area contributed by atoms with Crippen molar-refractivity contribution < 1.29 is 9.53 Å². The van der Waals surface area contributed by atoms with Gasteiger partial charge in [-0.3, -0.25) is 0 Å². The SMILES string of the molecule is CC(C)(C)OC(=O)NC(Cc1c[nH]c2ccccc12)C1CC1. The van der Waals surface area contributed by atoms with Gasteiger partial charge in [0.05, 0.1) is 0 Å². The second-order valence-corrected chi connectivity index (χ2v) is 7.15. The van der Waals surface area contributed by atoms with E-state index in [1.165, 1.54) is 23.8 Å². The number of rotatable bonds is 4. The van der Waals surface area contributed by atoms with Gasteiger partial charge in [0.1, 0.15) is 5.60 Å². The summed E-state index contributed by atoms with van der Waals surface area (Å²) in [5, 5.41) is 4.30. The van der Waals surface area contributed by atoms with Gasteiger partial charge in [-0.1, -0.05) is 18.2 Å². The number of aromatic nitrogens is 1. The summed E-state index contributed by atoms with van der Waals surface area (Å²) >= 11 is 0. The lowest BCUT2D eigenvalue weighted by atomic mass is 10.0. The molecule has 1 aromatic carbocycles. The van der Waals surface area contributed by atoms with E-state index in [4.69, 9.17) is 4.74 Å². The van der Waals surface area contributed by atoms with E-state index in [2.05, 4.69) is 28.6 Å². The van der Waals surface area contributed by atoms with Crippen LogP contribution in [0, 0.1) is 5.92 Å². The normalized spacial score (nSPS) is 16.5. The first-order chi connectivity index (χ1) is 10.4. The van der Waals surface area contributed by atoms with Gasteiger partial charge in [-0.15, -0.1) is 0 Å². The lowest BCUT2D eigenvalue weighted by Gasteiger charge is -2.23. The van der Waals surface area contributed by atoms with Gasteiger partial charge in [-0.05, 0) is 57.6 Å². The molecule has 22 heavy (non-hydrogen) atoms. The molecule has 2 aromatic rings. The van der Waals surface area contributed by atoms with E-state index in [1.807, 2.05) is 32.9 Å². The van der Waals surface area contributed by atoms with Crippen LogP contribution in [0.1, 0.15) is 39.2 Å². The summed E-state index contributed by atoms with van der Waals surface area (Å²) < 4.78 is 5.39. The number of alkyl carbamates (subject to hydrolysis) is 1. The van der Waals surface area contributed by atoms with Gasteiger partial charge in [0.25, 0.3) is 0 Å². The van der Waals surface area contributed by atoms with Crippen LogP contribution in [0.5, 0.6) is 0 Å². The molecule has 1 fully saturated rings. The van der Waals surface area contributed by atoms with Crippen LogP contribution < -0.4 is 5.32 Å². The maximum atomic E-state index is 12.1. The molecular weight excluding hydrogens is 276 g/mol. The Hall–Kier alpha value is -1.97. The van der Waals surface area contributed by atoms with Crippen molar-refractivity contribution in [3.8, 4) is 0 Å². The number of hydrogen-bond acceptors (Lipinski definition) is 2. The van der Waals surface area contributed by atoms with Crippen LogP contribution in [0.3, 0.4) is 0 Å². The first-order valence-electron chi connectivity index (χ1n) is 7.97. The van der Waals surface area contributed by atoms with E-state index in [9.17, 15) is 4.79 Å². The van der Waals surface area contributed by atoms with E-state index < -0.39 is 5.60 Å². The number of H-pyrrole nitrogens is 1. The predicted molar refractivity (Wildman–Crippen MR) is 87.9 cm³/mol. The third-order valence-corrected chi connectivity index (χ3v) is 4.01. The number of fused-ring (bicyclic) bond motifs is 1. The molecule has 1 unspecified atom stereocenters. The number of carbonyl (C=O) groups is 1. The van der Waals surface area contributed by atoms with Crippen molar-refractivity contribution in [2.45, 2.75) is 51.7 Å². The van der Waals surface area contributed by atoms with Crippen LogP contribution >= 0.6 is 0 Å². The van der Waals surface area contributed by atoms with Gasteiger partial charge in [0.15, 0.2) is 0 Å². The summed E-state index contributed by atoms with van der Waals surface area (Å²) in [4.78, 5) is 15.4. The number of ether oxygens (including phenoxy) is 1. The fourth-order valence-corrected chi connectivity index (χ4v) is 2.83. The van der Waals surface area contributed by atoms with Crippen LogP contribution in [0.25, 0.3) is 10.9 Å². The van der Waals surface area contributed by atoms with E-state index in [1.54, 1.807) is 0 Å². The predicted octanol–water partition coefficient (Wildman–Crippen LogP) is 4.01. The van der Waals surface area contributed by atoms with Crippen LogP contribution in [0.2, 0.25) is 0 Å². The first-order valence-corrected chi connectivity index (χ1v) is 7.97. The summed E-state index contributed by atoms with van der Waals surface area (Å²) in [7, 11) is 0. The molecule has 0 bridgehead atoms. The Bertz CT molecular complexity index is 665. The summed E-state index contributed by atoms with van der Waals surface area (Å²) in [5.41, 5.74) is 1.94. The second kappa shape index (κ2) is 5.67.